The first kappa shape index (κ1) is 24.0. The van der Waals surface area contributed by atoms with Crippen LogP contribution in [0.3, 0.4) is 0 Å². The van der Waals surface area contributed by atoms with Crippen LogP contribution in [0.1, 0.15) is 25.2 Å². The van der Waals surface area contributed by atoms with Crippen LogP contribution in [0.15, 0.2) is 41.5 Å². The highest BCUT2D eigenvalue weighted by molar-refractivity contribution is 14.0. The maximum Gasteiger partial charge on any atom is 0.191 e. The summed E-state index contributed by atoms with van der Waals surface area (Å²) in [6.45, 7) is 6.09. The van der Waals surface area contributed by atoms with E-state index in [9.17, 15) is 0 Å². The largest absolute Gasteiger partial charge is 0.493 e. The summed E-state index contributed by atoms with van der Waals surface area (Å²) >= 11 is 6.35. The van der Waals surface area contributed by atoms with E-state index in [0.717, 1.165) is 23.6 Å². The van der Waals surface area contributed by atoms with Crippen LogP contribution in [0.25, 0.3) is 5.65 Å². The smallest absolute Gasteiger partial charge is 0.191 e. The number of ether oxygens (including phenoxy) is 2. The van der Waals surface area contributed by atoms with E-state index in [4.69, 9.17) is 21.1 Å². The summed E-state index contributed by atoms with van der Waals surface area (Å²) in [6.07, 6.45) is 1.94. The zero-order valence-corrected chi connectivity index (χ0v) is 20.3. The van der Waals surface area contributed by atoms with Gasteiger partial charge in [0.05, 0.1) is 31.8 Å². The zero-order valence-electron chi connectivity index (χ0n) is 17.2. The number of nitrogens with zero attached hydrogens (tertiary/aromatic N) is 4. The second-order valence-electron chi connectivity index (χ2n) is 6.14. The van der Waals surface area contributed by atoms with Crippen molar-refractivity contribution >= 4 is 47.2 Å². The number of fused-ring (bicyclic) bond motifs is 1. The summed E-state index contributed by atoms with van der Waals surface area (Å²) < 4.78 is 12.9. The van der Waals surface area contributed by atoms with Gasteiger partial charge in [-0.2, -0.15) is 0 Å². The molecule has 3 aromatic rings. The molecule has 0 fully saturated rings. The molecule has 2 aromatic heterocycles. The summed E-state index contributed by atoms with van der Waals surface area (Å²) in [6, 6.07) is 9.52. The van der Waals surface area contributed by atoms with Crippen LogP contribution in [-0.4, -0.2) is 40.8 Å². The van der Waals surface area contributed by atoms with Gasteiger partial charge in [-0.25, -0.2) is 4.99 Å². The standard InChI is InChI=1S/C20H25ClN6O2.HI/c1-4-22-20(24-13-18-26-25-17-8-6-7-9-27(17)18)23-12-14-10-15(21)19(29-5-2)16(11-14)28-3;/h6-11H,4-5,12-13H2,1-3H3,(H2,22,23,24);1H. The second kappa shape index (κ2) is 11.8. The molecule has 0 spiro atoms. The average molecular weight is 545 g/mol. The molecule has 8 nitrogen and oxygen atoms in total. The van der Waals surface area contributed by atoms with Crippen molar-refractivity contribution < 1.29 is 9.47 Å². The van der Waals surface area contributed by atoms with Crippen molar-refractivity contribution in [2.45, 2.75) is 26.9 Å². The van der Waals surface area contributed by atoms with Crippen molar-refractivity contribution in [3.63, 3.8) is 0 Å². The summed E-state index contributed by atoms with van der Waals surface area (Å²) in [4.78, 5) is 4.64. The Bertz CT molecular complexity index is 995. The van der Waals surface area contributed by atoms with E-state index in [-0.39, 0.29) is 24.0 Å². The van der Waals surface area contributed by atoms with Crippen LogP contribution in [0.5, 0.6) is 11.5 Å². The molecule has 30 heavy (non-hydrogen) atoms. The van der Waals surface area contributed by atoms with Crippen molar-refractivity contribution in [1.29, 1.82) is 0 Å². The molecule has 1 aromatic carbocycles. The van der Waals surface area contributed by atoms with Crippen LogP contribution in [0.4, 0.5) is 0 Å². The van der Waals surface area contributed by atoms with Gasteiger partial charge in [0, 0.05) is 12.7 Å². The first-order valence-electron chi connectivity index (χ1n) is 9.46. The molecule has 2 N–H and O–H groups in total. The molecule has 0 saturated heterocycles. The van der Waals surface area contributed by atoms with E-state index in [1.165, 1.54) is 0 Å². The summed E-state index contributed by atoms with van der Waals surface area (Å²) in [5.74, 6) is 2.62. The summed E-state index contributed by atoms with van der Waals surface area (Å²) in [5, 5.41) is 15.4. The quantitative estimate of drug-likeness (QED) is 0.256. The lowest BCUT2D eigenvalue weighted by Gasteiger charge is -2.13. The minimum atomic E-state index is 0. The van der Waals surface area contributed by atoms with Crippen LogP contribution in [0, 0.1) is 0 Å². The third-order valence-electron chi connectivity index (χ3n) is 4.14. The Balaban J connectivity index is 0.00000320. The number of hydrogen-bond acceptors (Lipinski definition) is 5. The minimum Gasteiger partial charge on any atom is -0.493 e. The molecule has 0 aliphatic carbocycles. The third kappa shape index (κ3) is 5.88. The van der Waals surface area contributed by atoms with Gasteiger partial charge < -0.3 is 20.1 Å². The molecule has 10 heteroatoms. The second-order valence-corrected chi connectivity index (χ2v) is 6.54. The SMILES string of the molecule is CCNC(=NCc1cc(Cl)c(OCC)c(OC)c1)NCc1nnc2ccccn12.I. The summed E-state index contributed by atoms with van der Waals surface area (Å²) in [5.41, 5.74) is 1.72. The first-order valence-corrected chi connectivity index (χ1v) is 9.84. The van der Waals surface area contributed by atoms with E-state index in [2.05, 4.69) is 25.8 Å². The molecule has 0 aliphatic rings. The lowest BCUT2D eigenvalue weighted by molar-refractivity contribution is 0.311. The highest BCUT2D eigenvalue weighted by Gasteiger charge is 2.12. The van der Waals surface area contributed by atoms with Gasteiger partial charge in [-0.15, -0.1) is 34.2 Å². The van der Waals surface area contributed by atoms with E-state index in [1.807, 2.05) is 54.8 Å². The number of aromatic nitrogens is 3. The van der Waals surface area contributed by atoms with Crippen molar-refractivity contribution in [2.75, 3.05) is 20.3 Å². The van der Waals surface area contributed by atoms with Gasteiger partial charge in [0.1, 0.15) is 0 Å². The third-order valence-corrected chi connectivity index (χ3v) is 4.42. The average Bonchev–Trinajstić information content (AvgIpc) is 3.15. The molecule has 0 bridgehead atoms. The lowest BCUT2D eigenvalue weighted by Crippen LogP contribution is -2.37. The fraction of sp³-hybridized carbons (Fsp3) is 0.350. The maximum absolute atomic E-state index is 6.35. The fourth-order valence-electron chi connectivity index (χ4n) is 2.84. The molecular weight excluding hydrogens is 519 g/mol. The van der Waals surface area contributed by atoms with Gasteiger partial charge in [-0.05, 0) is 43.7 Å². The Morgan fingerprint density at radius 2 is 2.03 bits per heavy atom. The predicted molar refractivity (Wildman–Crippen MR) is 129 cm³/mol. The van der Waals surface area contributed by atoms with E-state index >= 15 is 0 Å². The van der Waals surface area contributed by atoms with Crippen molar-refractivity contribution in [3.05, 3.63) is 52.9 Å². The van der Waals surface area contributed by atoms with E-state index in [0.29, 0.717) is 42.2 Å². The lowest BCUT2D eigenvalue weighted by atomic mass is 10.2. The van der Waals surface area contributed by atoms with Crippen LogP contribution >= 0.6 is 35.6 Å². The Labute approximate surface area is 198 Å². The number of guanidine groups is 1. The van der Waals surface area contributed by atoms with Crippen LogP contribution in [-0.2, 0) is 13.1 Å². The van der Waals surface area contributed by atoms with Gasteiger partial charge >= 0.3 is 0 Å². The topological polar surface area (TPSA) is 85.1 Å². The predicted octanol–water partition coefficient (Wildman–Crippen LogP) is 3.66. The van der Waals surface area contributed by atoms with Crippen LogP contribution in [0.2, 0.25) is 5.02 Å². The van der Waals surface area contributed by atoms with Crippen molar-refractivity contribution in [2.24, 2.45) is 4.99 Å². The monoisotopic (exact) mass is 544 g/mol. The van der Waals surface area contributed by atoms with Crippen molar-refractivity contribution in [1.82, 2.24) is 25.2 Å². The molecule has 0 amide bonds. The molecule has 0 unspecified atom stereocenters. The first-order chi connectivity index (χ1) is 14.2. The van der Waals surface area contributed by atoms with E-state index in [1.54, 1.807) is 7.11 Å². The van der Waals surface area contributed by atoms with Gasteiger partial charge in [0.25, 0.3) is 0 Å². The Hall–Kier alpha value is -2.27. The number of halogens is 2. The Kier molecular flexibility index (Phi) is 9.44. The molecular formula is C20H26ClIN6O2. The number of benzene rings is 1. The molecule has 162 valence electrons. The van der Waals surface area contributed by atoms with Crippen LogP contribution < -0.4 is 20.1 Å². The highest BCUT2D eigenvalue weighted by atomic mass is 127. The van der Waals surface area contributed by atoms with Crippen molar-refractivity contribution in [3.8, 4) is 11.5 Å². The Morgan fingerprint density at radius 3 is 2.77 bits per heavy atom. The fourth-order valence-corrected chi connectivity index (χ4v) is 3.12. The van der Waals surface area contributed by atoms with Gasteiger partial charge in [-0.3, -0.25) is 4.40 Å². The number of aliphatic imine (C=N–C) groups is 1. The molecule has 3 rings (SSSR count). The molecule has 0 saturated carbocycles. The van der Waals surface area contributed by atoms with Gasteiger partial charge in [-0.1, -0.05) is 17.7 Å². The number of pyridine rings is 1. The minimum absolute atomic E-state index is 0. The summed E-state index contributed by atoms with van der Waals surface area (Å²) in [7, 11) is 1.59. The van der Waals surface area contributed by atoms with Gasteiger partial charge in [0.15, 0.2) is 28.9 Å². The molecule has 2 heterocycles. The van der Waals surface area contributed by atoms with E-state index < -0.39 is 0 Å². The molecule has 0 atom stereocenters. The van der Waals surface area contributed by atoms with Gasteiger partial charge in [0.2, 0.25) is 0 Å². The number of nitrogens with one attached hydrogen (secondary N) is 2. The zero-order chi connectivity index (χ0) is 20.6. The maximum atomic E-state index is 6.35. The molecule has 0 aliphatic heterocycles. The number of methoxy groups -OCH3 is 1. The highest BCUT2D eigenvalue weighted by Crippen LogP contribution is 2.36. The normalized spacial score (nSPS) is 11.1. The Morgan fingerprint density at radius 1 is 1.20 bits per heavy atom. The molecule has 0 radical (unpaired) electrons. The number of hydrogen-bond donors (Lipinski definition) is 2. The number of rotatable bonds is 8.